The highest BCUT2D eigenvalue weighted by atomic mass is 16.2. The van der Waals surface area contributed by atoms with E-state index in [1.165, 1.54) is 0 Å². The number of hydrogen-bond donors (Lipinski definition) is 0. The van der Waals surface area contributed by atoms with Crippen LogP contribution in [0, 0.1) is 0 Å². The minimum atomic E-state index is -0.227. The van der Waals surface area contributed by atoms with Crippen molar-refractivity contribution >= 4 is 23.2 Å². The topological polar surface area (TPSA) is 40.6 Å². The Hall–Kier alpha value is -2.62. The number of anilines is 2. The molecular formula is C20H22N2O2. The molecule has 2 aromatic carbocycles. The Kier molecular flexibility index (Phi) is 4.38. The van der Waals surface area contributed by atoms with Crippen molar-refractivity contribution in [1.82, 2.24) is 0 Å². The van der Waals surface area contributed by atoms with E-state index >= 15 is 0 Å². The molecule has 3 rings (SSSR count). The van der Waals surface area contributed by atoms with Crippen molar-refractivity contribution in [2.24, 2.45) is 0 Å². The summed E-state index contributed by atoms with van der Waals surface area (Å²) in [5.41, 5.74) is 2.61. The second-order valence-electron chi connectivity index (χ2n) is 6.31. The first-order valence-electron chi connectivity index (χ1n) is 8.26. The summed E-state index contributed by atoms with van der Waals surface area (Å²) >= 11 is 0. The Morgan fingerprint density at radius 2 is 1.58 bits per heavy atom. The predicted octanol–water partition coefficient (Wildman–Crippen LogP) is 3.58. The van der Waals surface area contributed by atoms with E-state index in [0.717, 1.165) is 16.9 Å². The van der Waals surface area contributed by atoms with Crippen LogP contribution in [0.4, 0.5) is 11.4 Å². The van der Waals surface area contributed by atoms with Gasteiger partial charge < -0.3 is 9.80 Å². The summed E-state index contributed by atoms with van der Waals surface area (Å²) in [5, 5.41) is 0. The second-order valence-corrected chi connectivity index (χ2v) is 6.31. The van der Waals surface area contributed by atoms with Crippen molar-refractivity contribution in [3.63, 3.8) is 0 Å². The van der Waals surface area contributed by atoms with Crippen LogP contribution in [0.25, 0.3) is 0 Å². The zero-order chi connectivity index (χ0) is 17.3. The summed E-state index contributed by atoms with van der Waals surface area (Å²) in [5.74, 6) is -0.169. The van der Waals surface area contributed by atoms with Crippen LogP contribution in [0.5, 0.6) is 0 Å². The van der Waals surface area contributed by atoms with Gasteiger partial charge in [-0.3, -0.25) is 9.59 Å². The Morgan fingerprint density at radius 3 is 2.21 bits per heavy atom. The van der Waals surface area contributed by atoms with E-state index in [1.54, 1.807) is 11.8 Å². The molecule has 0 aromatic heterocycles. The lowest BCUT2D eigenvalue weighted by Gasteiger charge is -2.41. The van der Waals surface area contributed by atoms with Crippen molar-refractivity contribution in [2.45, 2.75) is 32.7 Å². The van der Waals surface area contributed by atoms with Crippen LogP contribution in [0.3, 0.4) is 0 Å². The lowest BCUT2D eigenvalue weighted by Crippen LogP contribution is -2.52. The van der Waals surface area contributed by atoms with E-state index in [2.05, 4.69) is 0 Å². The fraction of sp³-hybridized carbons (Fsp3) is 0.300. The molecule has 2 aromatic rings. The van der Waals surface area contributed by atoms with Crippen molar-refractivity contribution < 1.29 is 9.59 Å². The molecule has 1 heterocycles. The number of hydrogen-bond acceptors (Lipinski definition) is 2. The maximum Gasteiger partial charge on any atom is 0.234 e. The molecular weight excluding hydrogens is 300 g/mol. The standard InChI is InChI=1S/C20H22N2O2/c1-14-13-21(20(24)15(2)17-9-5-4-6-10-17)18-11-7-8-12-19(18)22(14)16(3)23/h4-12,14-15H,13H2,1-3H3. The normalized spacial score (nSPS) is 18.0. The number of benzene rings is 2. The highest BCUT2D eigenvalue weighted by Gasteiger charge is 2.34. The fourth-order valence-corrected chi connectivity index (χ4v) is 3.38. The van der Waals surface area contributed by atoms with Gasteiger partial charge in [0.1, 0.15) is 0 Å². The molecule has 0 aliphatic carbocycles. The summed E-state index contributed by atoms with van der Waals surface area (Å²) in [6.45, 7) is 5.98. The van der Waals surface area contributed by atoms with E-state index in [4.69, 9.17) is 0 Å². The summed E-state index contributed by atoms with van der Waals surface area (Å²) in [4.78, 5) is 28.7. The third-order valence-corrected chi connectivity index (χ3v) is 4.59. The lowest BCUT2D eigenvalue weighted by atomic mass is 9.98. The number of rotatable bonds is 2. The largest absolute Gasteiger partial charge is 0.308 e. The average molecular weight is 322 g/mol. The number of carbonyl (C=O) groups is 2. The van der Waals surface area contributed by atoms with E-state index in [0.29, 0.717) is 6.54 Å². The average Bonchev–Trinajstić information content (AvgIpc) is 2.60. The Morgan fingerprint density at radius 1 is 1.00 bits per heavy atom. The second kappa shape index (κ2) is 6.48. The Bertz CT molecular complexity index is 757. The van der Waals surface area contributed by atoms with Gasteiger partial charge in [-0.05, 0) is 31.5 Å². The molecule has 2 amide bonds. The van der Waals surface area contributed by atoms with E-state index in [9.17, 15) is 9.59 Å². The smallest absolute Gasteiger partial charge is 0.234 e. The SMILES string of the molecule is CC(=O)N1c2ccccc2N(C(=O)C(C)c2ccccc2)CC1C. The first-order chi connectivity index (χ1) is 11.5. The highest BCUT2D eigenvalue weighted by Crippen LogP contribution is 2.37. The van der Waals surface area contributed by atoms with Crippen molar-refractivity contribution in [2.75, 3.05) is 16.3 Å². The van der Waals surface area contributed by atoms with Gasteiger partial charge >= 0.3 is 0 Å². The van der Waals surface area contributed by atoms with E-state index < -0.39 is 0 Å². The van der Waals surface area contributed by atoms with Crippen molar-refractivity contribution in [1.29, 1.82) is 0 Å². The first kappa shape index (κ1) is 16.2. The third-order valence-electron chi connectivity index (χ3n) is 4.59. The molecule has 4 nitrogen and oxygen atoms in total. The maximum absolute atomic E-state index is 13.1. The fourth-order valence-electron chi connectivity index (χ4n) is 3.38. The van der Waals surface area contributed by atoms with Gasteiger partial charge in [0, 0.05) is 13.5 Å². The molecule has 24 heavy (non-hydrogen) atoms. The third kappa shape index (κ3) is 2.80. The van der Waals surface area contributed by atoms with Crippen LogP contribution < -0.4 is 9.80 Å². The van der Waals surface area contributed by atoms with Crippen LogP contribution in [-0.2, 0) is 9.59 Å². The Labute approximate surface area is 142 Å². The molecule has 0 spiro atoms. The van der Waals surface area contributed by atoms with Gasteiger partial charge in [0.05, 0.1) is 23.3 Å². The number of carbonyl (C=O) groups excluding carboxylic acids is 2. The van der Waals surface area contributed by atoms with Gasteiger partial charge in [-0.15, -0.1) is 0 Å². The number of nitrogens with zero attached hydrogens (tertiary/aromatic N) is 2. The molecule has 1 aliphatic rings. The number of para-hydroxylation sites is 2. The van der Waals surface area contributed by atoms with Gasteiger partial charge in [0.15, 0.2) is 0 Å². The molecule has 2 unspecified atom stereocenters. The van der Waals surface area contributed by atoms with Crippen molar-refractivity contribution in [3.05, 3.63) is 60.2 Å². The highest BCUT2D eigenvalue weighted by molar-refractivity contribution is 6.05. The predicted molar refractivity (Wildman–Crippen MR) is 96.3 cm³/mol. The summed E-state index contributed by atoms with van der Waals surface area (Å²) in [6.07, 6.45) is 0. The summed E-state index contributed by atoms with van der Waals surface area (Å²) in [6, 6.07) is 17.4. The van der Waals surface area contributed by atoms with Crippen molar-refractivity contribution in [3.8, 4) is 0 Å². The molecule has 0 saturated carbocycles. The quantitative estimate of drug-likeness (QED) is 0.848. The molecule has 0 radical (unpaired) electrons. The van der Waals surface area contributed by atoms with Crippen LogP contribution in [0.2, 0.25) is 0 Å². The summed E-state index contributed by atoms with van der Waals surface area (Å²) < 4.78 is 0. The van der Waals surface area contributed by atoms with Gasteiger partial charge in [-0.25, -0.2) is 0 Å². The minimum Gasteiger partial charge on any atom is -0.308 e. The molecule has 124 valence electrons. The Balaban J connectivity index is 1.98. The van der Waals surface area contributed by atoms with Gasteiger partial charge in [0.2, 0.25) is 11.8 Å². The molecule has 1 aliphatic heterocycles. The molecule has 2 atom stereocenters. The zero-order valence-corrected chi connectivity index (χ0v) is 14.3. The van der Waals surface area contributed by atoms with E-state index in [1.807, 2.05) is 73.3 Å². The van der Waals surface area contributed by atoms with Gasteiger partial charge in [0.25, 0.3) is 0 Å². The van der Waals surface area contributed by atoms with Crippen LogP contribution in [0.1, 0.15) is 32.3 Å². The van der Waals surface area contributed by atoms with Crippen LogP contribution in [0.15, 0.2) is 54.6 Å². The molecule has 4 heteroatoms. The van der Waals surface area contributed by atoms with Crippen LogP contribution >= 0.6 is 0 Å². The molecule has 0 fully saturated rings. The van der Waals surface area contributed by atoms with Gasteiger partial charge in [-0.2, -0.15) is 0 Å². The summed E-state index contributed by atoms with van der Waals surface area (Å²) in [7, 11) is 0. The van der Waals surface area contributed by atoms with E-state index in [-0.39, 0.29) is 23.8 Å². The van der Waals surface area contributed by atoms with Crippen LogP contribution in [-0.4, -0.2) is 24.4 Å². The lowest BCUT2D eigenvalue weighted by molar-refractivity contribution is -0.120. The number of fused-ring (bicyclic) bond motifs is 1. The van der Waals surface area contributed by atoms with Gasteiger partial charge in [-0.1, -0.05) is 42.5 Å². The zero-order valence-electron chi connectivity index (χ0n) is 14.3. The molecule has 0 bridgehead atoms. The maximum atomic E-state index is 13.1. The molecule has 0 saturated heterocycles. The molecule has 0 N–H and O–H groups in total. The number of amides is 2. The minimum absolute atomic E-state index is 0.00171. The first-order valence-corrected chi connectivity index (χ1v) is 8.26. The monoisotopic (exact) mass is 322 g/mol.